The van der Waals surface area contributed by atoms with E-state index in [1.54, 1.807) is 0 Å². The van der Waals surface area contributed by atoms with Gasteiger partial charge in [-0.15, -0.1) is 0 Å². The van der Waals surface area contributed by atoms with Crippen molar-refractivity contribution in [3.8, 4) is 44.5 Å². The molecule has 4 nitrogen and oxygen atoms in total. The van der Waals surface area contributed by atoms with Crippen LogP contribution in [-0.2, 0) is 0 Å². The first-order chi connectivity index (χ1) is 31.2. The van der Waals surface area contributed by atoms with Gasteiger partial charge in [-0.05, 0) is 0 Å². The van der Waals surface area contributed by atoms with E-state index in [2.05, 4.69) is 216 Å². The van der Waals surface area contributed by atoms with Crippen LogP contribution in [0.3, 0.4) is 0 Å². The van der Waals surface area contributed by atoms with Gasteiger partial charge in [0.2, 0.25) is 0 Å². The third kappa shape index (κ3) is 7.02. The average Bonchev–Trinajstić information content (AvgIpc) is 4.19. The first kappa shape index (κ1) is 37.6. The summed E-state index contributed by atoms with van der Waals surface area (Å²) in [5.74, 6) is 0. The van der Waals surface area contributed by atoms with E-state index in [1.165, 1.54) is 49.6 Å². The van der Waals surface area contributed by atoms with Gasteiger partial charge in [0.25, 0.3) is 0 Å². The molecule has 298 valence electrons. The molecular formula is C56H36N4S2Se. The molecule has 0 spiro atoms. The Balaban J connectivity index is 1.21. The van der Waals surface area contributed by atoms with Gasteiger partial charge < -0.3 is 0 Å². The zero-order valence-corrected chi connectivity index (χ0v) is 37.1. The summed E-state index contributed by atoms with van der Waals surface area (Å²) < 4.78 is 7.44. The Hall–Kier alpha value is -7.12. The molecule has 0 saturated carbocycles. The quantitative estimate of drug-likeness (QED) is 0.173. The molecule has 2 N–H and O–H groups in total. The van der Waals surface area contributed by atoms with E-state index in [0.29, 0.717) is 0 Å². The fourth-order valence-corrected chi connectivity index (χ4v) is 13.3. The van der Waals surface area contributed by atoms with Gasteiger partial charge in [-0.25, -0.2) is 0 Å². The molecule has 14 bridgehead atoms. The van der Waals surface area contributed by atoms with Gasteiger partial charge >= 0.3 is 368 Å². The Morgan fingerprint density at radius 3 is 1.19 bits per heavy atom. The molecule has 2 aliphatic heterocycles. The summed E-state index contributed by atoms with van der Waals surface area (Å²) in [7, 11) is 0. The van der Waals surface area contributed by atoms with Gasteiger partial charge in [0, 0.05) is 0 Å². The van der Waals surface area contributed by atoms with Crippen molar-refractivity contribution in [2.24, 2.45) is 0 Å². The topological polar surface area (TPSA) is 57.4 Å². The number of fused-ring (bicyclic) bond motifs is 17. The van der Waals surface area contributed by atoms with Gasteiger partial charge in [-0.3, -0.25) is 0 Å². The number of nitrogens with zero attached hydrogens (tertiary/aromatic N) is 2. The maximum absolute atomic E-state index is 5.37. The Labute approximate surface area is 377 Å². The number of hydrogen-bond acceptors (Lipinski definition) is 4. The molecular weight excluding hydrogens is 872 g/mol. The molecule has 0 saturated heterocycles. The predicted octanol–water partition coefficient (Wildman–Crippen LogP) is 15.6. The minimum absolute atomic E-state index is 0.0173. The van der Waals surface area contributed by atoms with Crippen LogP contribution in [0, 0.1) is 0 Å². The van der Waals surface area contributed by atoms with Crippen LogP contribution in [-0.4, -0.2) is 34.4 Å². The van der Waals surface area contributed by atoms with E-state index in [-0.39, 0.29) is 14.5 Å². The van der Waals surface area contributed by atoms with Crippen LogP contribution in [0.15, 0.2) is 182 Å². The van der Waals surface area contributed by atoms with Gasteiger partial charge in [-0.2, -0.15) is 0 Å². The summed E-state index contributed by atoms with van der Waals surface area (Å²) in [6.07, 6.45) is 8.65. The number of thiophene rings is 2. The fraction of sp³-hybridized carbons (Fsp3) is 0. The summed E-state index contributed by atoms with van der Waals surface area (Å²) >= 11 is 3.62. The molecule has 0 aliphatic carbocycles. The van der Waals surface area contributed by atoms with Crippen LogP contribution in [0.2, 0.25) is 0 Å². The molecule has 0 unspecified atom stereocenters. The summed E-state index contributed by atoms with van der Waals surface area (Å²) in [6, 6.07) is 65.3. The summed E-state index contributed by atoms with van der Waals surface area (Å²) in [5.41, 5.74) is 17.2. The van der Waals surface area contributed by atoms with Crippen LogP contribution in [0.5, 0.6) is 0 Å². The summed E-state index contributed by atoms with van der Waals surface area (Å²) in [6.45, 7) is 0. The molecule has 8 heterocycles. The fourth-order valence-electron chi connectivity index (χ4n) is 8.61. The summed E-state index contributed by atoms with van der Waals surface area (Å²) in [4.78, 5) is 18.4. The van der Waals surface area contributed by atoms with Crippen molar-refractivity contribution in [2.45, 2.75) is 0 Å². The molecule has 7 heteroatoms. The van der Waals surface area contributed by atoms with E-state index in [1.807, 2.05) is 22.7 Å². The zero-order chi connectivity index (χ0) is 41.7. The molecule has 2 aliphatic rings. The SMILES string of the molecule is C1=Cc2nc1c(-c1ccccc1)c1ccc(s1)c1ccc(s1)c(-c1ccccc1)c1ccc([nH]1)c1nc(c(-c3ccccc3)c3ccc([se]3)c(-c3ccccc3)c3ccc2[nH]3)C=C1. The average molecular weight is 908 g/mol. The second-order valence-electron chi connectivity index (χ2n) is 15.5. The Bertz CT molecular complexity index is 3720. The molecule has 0 radical (unpaired) electrons. The Morgan fingerprint density at radius 2 is 0.667 bits per heavy atom. The number of benzene rings is 4. The van der Waals surface area contributed by atoms with Crippen molar-refractivity contribution < 1.29 is 0 Å². The third-order valence-corrected chi connectivity index (χ3v) is 16.3. The van der Waals surface area contributed by atoms with Crippen molar-refractivity contribution in [1.82, 2.24) is 19.9 Å². The molecule has 10 aromatic rings. The van der Waals surface area contributed by atoms with Crippen LogP contribution in [0.25, 0.3) is 118 Å². The third-order valence-electron chi connectivity index (χ3n) is 11.6. The van der Waals surface area contributed by atoms with Crippen molar-refractivity contribution in [2.75, 3.05) is 0 Å². The second-order valence-corrected chi connectivity index (χ2v) is 19.9. The minimum atomic E-state index is -0.0173. The standard InChI is InChI=1S/C56H36N4S2Se/c1-5-13-35(14-6-1)53-43-25-21-39(57-43)41-23-27-45(59-41)55(37-17-9-3-10-18-37)51-33-34-52(63-51)56(38-19-11-4-12-20-38)46-28-24-42(60-46)40-22-26-44(58-40)54(36-15-7-2-8-16-36)50-32-30-48(62-50)47-29-31-49(53)61-47/h1-34,57,60H. The number of nitrogens with one attached hydrogen (secondary N) is 2. The number of rotatable bonds is 4. The van der Waals surface area contributed by atoms with Crippen LogP contribution >= 0.6 is 22.7 Å². The van der Waals surface area contributed by atoms with Crippen molar-refractivity contribution in [3.05, 3.63) is 205 Å². The van der Waals surface area contributed by atoms with E-state index >= 15 is 0 Å². The zero-order valence-electron chi connectivity index (χ0n) is 33.7. The van der Waals surface area contributed by atoms with E-state index in [9.17, 15) is 0 Å². The van der Waals surface area contributed by atoms with Crippen molar-refractivity contribution in [3.63, 3.8) is 0 Å². The molecule has 4 aromatic carbocycles. The van der Waals surface area contributed by atoms with E-state index in [0.717, 1.165) is 67.1 Å². The van der Waals surface area contributed by atoms with E-state index < -0.39 is 0 Å². The van der Waals surface area contributed by atoms with Gasteiger partial charge in [0.15, 0.2) is 0 Å². The molecule has 12 rings (SSSR count). The van der Waals surface area contributed by atoms with Crippen molar-refractivity contribution >= 4 is 111 Å². The van der Waals surface area contributed by atoms with Crippen LogP contribution in [0.1, 0.15) is 22.8 Å². The van der Waals surface area contributed by atoms with Gasteiger partial charge in [0.05, 0.1) is 0 Å². The normalized spacial score (nSPS) is 12.0. The molecule has 63 heavy (non-hydrogen) atoms. The second kappa shape index (κ2) is 16.0. The summed E-state index contributed by atoms with van der Waals surface area (Å²) in [5, 5.41) is 0. The first-order valence-electron chi connectivity index (χ1n) is 20.9. The number of aromatic amines is 2. The Kier molecular flexibility index (Phi) is 9.54. The van der Waals surface area contributed by atoms with Crippen molar-refractivity contribution in [1.29, 1.82) is 0 Å². The molecule has 0 atom stereocenters. The molecule has 0 fully saturated rings. The number of H-pyrrole nitrogens is 2. The van der Waals surface area contributed by atoms with Crippen LogP contribution < -0.4 is 0 Å². The number of hydrogen-bond donors (Lipinski definition) is 2. The maximum atomic E-state index is 5.37. The van der Waals surface area contributed by atoms with E-state index in [4.69, 9.17) is 9.97 Å². The van der Waals surface area contributed by atoms with Gasteiger partial charge in [-0.1, -0.05) is 12.1 Å². The molecule has 0 amide bonds. The first-order valence-corrected chi connectivity index (χ1v) is 24.2. The van der Waals surface area contributed by atoms with Gasteiger partial charge in [0.1, 0.15) is 0 Å². The monoisotopic (exact) mass is 908 g/mol. The van der Waals surface area contributed by atoms with Crippen LogP contribution in [0.4, 0.5) is 0 Å². The number of aromatic nitrogens is 4. The predicted molar refractivity (Wildman–Crippen MR) is 272 cm³/mol. The Morgan fingerprint density at radius 1 is 0.302 bits per heavy atom. The molecule has 6 aromatic heterocycles.